The van der Waals surface area contributed by atoms with Crippen LogP contribution < -0.4 is 4.31 Å². The number of anilines is 1. The summed E-state index contributed by atoms with van der Waals surface area (Å²) in [5.74, 6) is -0.117. The van der Waals surface area contributed by atoms with Crippen LogP contribution in [0.1, 0.15) is 22.0 Å². The number of carbonyl (C=O) groups is 1. The molecule has 2 unspecified atom stereocenters. The number of rotatable bonds is 2. The second kappa shape index (κ2) is 6.03. The molecule has 0 amide bonds. The van der Waals surface area contributed by atoms with E-state index in [1.807, 2.05) is 24.3 Å². The van der Waals surface area contributed by atoms with Crippen LogP contribution in [-0.2, 0) is 10.0 Å². The van der Waals surface area contributed by atoms with E-state index in [1.54, 1.807) is 24.3 Å². The van der Waals surface area contributed by atoms with Gasteiger partial charge in [-0.1, -0.05) is 56.1 Å². The van der Waals surface area contributed by atoms with Gasteiger partial charge in [-0.25, -0.2) is 8.42 Å². The van der Waals surface area contributed by atoms with Crippen LogP contribution in [0.15, 0.2) is 53.0 Å². The number of halogens is 2. The summed E-state index contributed by atoms with van der Waals surface area (Å²) in [6, 6.07) is 13.5. The minimum absolute atomic E-state index is 0.117. The van der Waals surface area contributed by atoms with Crippen molar-refractivity contribution in [3.8, 4) is 0 Å². The molecule has 3 rings (SSSR count). The summed E-state index contributed by atoms with van der Waals surface area (Å²) in [4.78, 5) is 12.0. The minimum Gasteiger partial charge on any atom is -0.293 e. The summed E-state index contributed by atoms with van der Waals surface area (Å²) in [6.07, 6.45) is 1.16. The second-order valence-corrected chi connectivity index (χ2v) is 9.10. The molecular weight excluding hydrogens is 446 g/mol. The Labute approximate surface area is 151 Å². The molecule has 0 saturated carbocycles. The summed E-state index contributed by atoms with van der Waals surface area (Å²) >= 11 is 6.78. The number of fused-ring (bicyclic) bond motifs is 1. The lowest BCUT2D eigenvalue weighted by atomic mass is 9.92. The van der Waals surface area contributed by atoms with Crippen molar-refractivity contribution in [2.75, 3.05) is 10.6 Å². The van der Waals surface area contributed by atoms with E-state index in [2.05, 4.69) is 31.9 Å². The third-order valence-electron chi connectivity index (χ3n) is 3.76. The lowest BCUT2D eigenvalue weighted by Gasteiger charge is -2.39. The van der Waals surface area contributed by atoms with Gasteiger partial charge in [0, 0.05) is 10.0 Å². The fourth-order valence-electron chi connectivity index (χ4n) is 2.78. The molecule has 2 aromatic rings. The molecule has 1 heterocycles. The number of alkyl halides is 1. The highest BCUT2D eigenvalue weighted by Gasteiger charge is 2.43. The van der Waals surface area contributed by atoms with Gasteiger partial charge in [0.15, 0.2) is 5.78 Å². The number of Topliss-reactive ketones (excluding diaryl/α,β-unsaturated/α-hetero) is 1. The maximum Gasteiger partial charge on any atom is 0.232 e. The van der Waals surface area contributed by atoms with E-state index in [9.17, 15) is 13.2 Å². The first-order valence-corrected chi connectivity index (χ1v) is 10.4. The number of ketones is 1. The topological polar surface area (TPSA) is 54.5 Å². The Balaban J connectivity index is 2.25. The van der Waals surface area contributed by atoms with Crippen molar-refractivity contribution in [1.82, 2.24) is 0 Å². The van der Waals surface area contributed by atoms with Crippen molar-refractivity contribution in [3.05, 3.63) is 64.1 Å². The van der Waals surface area contributed by atoms with Crippen molar-refractivity contribution in [2.45, 2.75) is 10.9 Å². The Kier molecular flexibility index (Phi) is 4.37. The Morgan fingerprint density at radius 1 is 1.04 bits per heavy atom. The van der Waals surface area contributed by atoms with Gasteiger partial charge in [-0.15, -0.1) is 0 Å². The van der Waals surface area contributed by atoms with E-state index < -0.39 is 20.9 Å². The zero-order valence-corrected chi connectivity index (χ0v) is 16.1. The molecule has 0 radical (unpaired) electrons. The van der Waals surface area contributed by atoms with Gasteiger partial charge >= 0.3 is 0 Å². The van der Waals surface area contributed by atoms with Crippen LogP contribution >= 0.6 is 31.9 Å². The van der Waals surface area contributed by atoms with Gasteiger partial charge in [-0.3, -0.25) is 9.10 Å². The molecule has 0 saturated heterocycles. The molecule has 0 fully saturated rings. The third kappa shape index (κ3) is 2.97. The van der Waals surface area contributed by atoms with E-state index in [-0.39, 0.29) is 5.78 Å². The zero-order chi connectivity index (χ0) is 16.8. The number of hydrogen-bond acceptors (Lipinski definition) is 3. The molecule has 2 aromatic carbocycles. The summed E-state index contributed by atoms with van der Waals surface area (Å²) in [5, 5.41) is 0. The van der Waals surface area contributed by atoms with Crippen LogP contribution in [0.25, 0.3) is 0 Å². The smallest absolute Gasteiger partial charge is 0.232 e. The number of sulfonamides is 1. The summed E-state index contributed by atoms with van der Waals surface area (Å²) in [6.45, 7) is 0. The van der Waals surface area contributed by atoms with E-state index in [0.717, 1.165) is 16.3 Å². The maximum absolute atomic E-state index is 12.7. The largest absolute Gasteiger partial charge is 0.293 e. The predicted octanol–water partition coefficient (Wildman–Crippen LogP) is 3.92. The number of carbonyl (C=O) groups excluding carboxylic acids is 1. The Morgan fingerprint density at radius 3 is 2.26 bits per heavy atom. The highest BCUT2D eigenvalue weighted by atomic mass is 79.9. The van der Waals surface area contributed by atoms with E-state index in [1.165, 1.54) is 4.31 Å². The number of para-hydroxylation sites is 1. The van der Waals surface area contributed by atoms with Crippen LogP contribution in [0.2, 0.25) is 0 Å². The molecule has 4 nitrogen and oxygen atoms in total. The molecule has 7 heteroatoms. The van der Waals surface area contributed by atoms with Crippen molar-refractivity contribution >= 4 is 53.4 Å². The maximum atomic E-state index is 12.7. The first-order valence-electron chi connectivity index (χ1n) is 6.83. The third-order valence-corrected chi connectivity index (χ3v) is 6.34. The van der Waals surface area contributed by atoms with Crippen LogP contribution in [0.3, 0.4) is 0 Å². The molecule has 1 aliphatic rings. The molecular formula is C16H13Br2NO3S. The van der Waals surface area contributed by atoms with E-state index in [4.69, 9.17) is 0 Å². The van der Waals surface area contributed by atoms with Gasteiger partial charge in [0.1, 0.15) is 4.83 Å². The van der Waals surface area contributed by atoms with Crippen molar-refractivity contribution in [2.24, 2.45) is 0 Å². The molecule has 0 aromatic heterocycles. The predicted molar refractivity (Wildman–Crippen MR) is 97.7 cm³/mol. The summed E-state index contributed by atoms with van der Waals surface area (Å²) in [7, 11) is -3.56. The Hall–Kier alpha value is -1.18. The van der Waals surface area contributed by atoms with Crippen molar-refractivity contribution in [3.63, 3.8) is 0 Å². The number of nitrogens with zero attached hydrogens (tertiary/aromatic N) is 1. The summed E-state index contributed by atoms with van der Waals surface area (Å²) in [5.41, 5.74) is 1.58. The molecule has 1 aliphatic heterocycles. The van der Waals surface area contributed by atoms with Gasteiger partial charge in [0.2, 0.25) is 10.0 Å². The second-order valence-electron chi connectivity index (χ2n) is 5.34. The fraction of sp³-hybridized carbons (Fsp3) is 0.188. The fourth-order valence-corrected chi connectivity index (χ4v) is 5.17. The average Bonchev–Trinajstić information content (AvgIpc) is 2.50. The van der Waals surface area contributed by atoms with Gasteiger partial charge in [-0.2, -0.15) is 0 Å². The van der Waals surface area contributed by atoms with Crippen LogP contribution in [-0.4, -0.2) is 25.3 Å². The zero-order valence-electron chi connectivity index (χ0n) is 12.1. The molecule has 2 atom stereocenters. The molecule has 120 valence electrons. The first-order chi connectivity index (χ1) is 10.8. The van der Waals surface area contributed by atoms with Gasteiger partial charge in [-0.05, 0) is 29.8 Å². The summed E-state index contributed by atoms with van der Waals surface area (Å²) < 4.78 is 27.1. The van der Waals surface area contributed by atoms with Crippen LogP contribution in [0, 0.1) is 0 Å². The molecule has 0 bridgehead atoms. The number of benzene rings is 2. The standard InChI is InChI=1S/C16H13Br2NO3S/c1-23(21,22)19-13-5-3-2-4-12(13)16(20)14(18)15(19)10-6-8-11(17)9-7-10/h2-9,14-15H,1H3. The lowest BCUT2D eigenvalue weighted by Crippen LogP contribution is -2.45. The van der Waals surface area contributed by atoms with Gasteiger partial charge in [0.25, 0.3) is 0 Å². The Morgan fingerprint density at radius 2 is 1.65 bits per heavy atom. The average molecular weight is 459 g/mol. The van der Waals surface area contributed by atoms with E-state index in [0.29, 0.717) is 11.3 Å². The molecule has 0 aliphatic carbocycles. The SMILES string of the molecule is CS(=O)(=O)N1c2ccccc2C(=O)C(Br)C1c1ccc(Br)cc1. The number of hydrogen-bond donors (Lipinski definition) is 0. The molecule has 0 spiro atoms. The lowest BCUT2D eigenvalue weighted by molar-refractivity contribution is 0.0979. The van der Waals surface area contributed by atoms with Crippen LogP contribution in [0.4, 0.5) is 5.69 Å². The normalized spacial score (nSPS) is 21.2. The first kappa shape index (κ1) is 16.7. The van der Waals surface area contributed by atoms with Crippen LogP contribution in [0.5, 0.6) is 0 Å². The minimum atomic E-state index is -3.56. The monoisotopic (exact) mass is 457 g/mol. The highest BCUT2D eigenvalue weighted by molar-refractivity contribution is 9.10. The molecule has 0 N–H and O–H groups in total. The van der Waals surface area contributed by atoms with E-state index >= 15 is 0 Å². The van der Waals surface area contributed by atoms with Crippen molar-refractivity contribution in [1.29, 1.82) is 0 Å². The van der Waals surface area contributed by atoms with Gasteiger partial charge < -0.3 is 0 Å². The quantitative estimate of drug-likeness (QED) is 0.641. The molecule has 23 heavy (non-hydrogen) atoms. The Bertz CT molecular complexity index is 865. The van der Waals surface area contributed by atoms with Crippen molar-refractivity contribution < 1.29 is 13.2 Å². The van der Waals surface area contributed by atoms with Gasteiger partial charge in [0.05, 0.1) is 18.0 Å². The highest BCUT2D eigenvalue weighted by Crippen LogP contribution is 2.43.